The molecule has 0 aliphatic rings. The van der Waals surface area contributed by atoms with Gasteiger partial charge in [0.15, 0.2) is 0 Å². The first-order valence-electron chi connectivity index (χ1n) is 12.9. The lowest BCUT2D eigenvalue weighted by Crippen LogP contribution is -2.11. The third-order valence-electron chi connectivity index (χ3n) is 4.28. The number of nitro benzene ring substituents is 1. The summed E-state index contributed by atoms with van der Waals surface area (Å²) in [5.41, 5.74) is -6.35. The molecule has 0 aliphatic heterocycles. The van der Waals surface area contributed by atoms with Crippen LogP contribution in [0, 0.1) is 33.1 Å². The van der Waals surface area contributed by atoms with Crippen molar-refractivity contribution < 1.29 is 26.0 Å². The summed E-state index contributed by atoms with van der Waals surface area (Å²) in [4.78, 5) is 10.9. The Bertz CT molecular complexity index is 1440. The molecule has 30 heavy (non-hydrogen) atoms. The fourth-order valence-corrected chi connectivity index (χ4v) is 2.86. The van der Waals surface area contributed by atoms with Crippen molar-refractivity contribution in [2.75, 3.05) is 5.32 Å². The van der Waals surface area contributed by atoms with E-state index in [1.165, 1.54) is 12.1 Å². The van der Waals surface area contributed by atoms with Crippen molar-refractivity contribution in [3.05, 3.63) is 87.5 Å². The quantitative estimate of drug-likeness (QED) is 0.391. The standard InChI is InChI=1S/C23H19F2N3O2/c1-23(2,3)15-7-10-20(21(11-15)28(29)30)27-16-8-9-18(24)17(12-16)22-14(13-26)5-4-6-19(22)25/h4-12,27H,1-3H3/i1D3,2D3,3D3. The molecule has 0 fully saturated rings. The number of anilines is 2. The third kappa shape index (κ3) is 4.13. The molecule has 0 atom stereocenters. The Morgan fingerprint density at radius 3 is 2.53 bits per heavy atom. The maximum Gasteiger partial charge on any atom is 0.292 e. The zero-order chi connectivity index (χ0) is 29.6. The van der Waals surface area contributed by atoms with E-state index in [9.17, 15) is 24.2 Å². The molecule has 0 bridgehead atoms. The summed E-state index contributed by atoms with van der Waals surface area (Å²) in [6.45, 7) is -10.9. The van der Waals surface area contributed by atoms with Crippen molar-refractivity contribution in [1.29, 1.82) is 5.26 Å². The molecule has 3 rings (SSSR count). The molecular weight excluding hydrogens is 388 g/mol. The van der Waals surface area contributed by atoms with Gasteiger partial charge in [0.2, 0.25) is 0 Å². The van der Waals surface area contributed by atoms with Gasteiger partial charge >= 0.3 is 0 Å². The van der Waals surface area contributed by atoms with Crippen LogP contribution in [0.1, 0.15) is 44.0 Å². The molecule has 0 aromatic heterocycles. The van der Waals surface area contributed by atoms with Crippen molar-refractivity contribution in [2.24, 2.45) is 0 Å². The van der Waals surface area contributed by atoms with E-state index in [0.717, 1.165) is 36.4 Å². The fraction of sp³-hybridized carbons (Fsp3) is 0.174. The van der Waals surface area contributed by atoms with E-state index in [1.807, 2.05) is 0 Å². The van der Waals surface area contributed by atoms with Gasteiger partial charge in [-0.05, 0) is 47.4 Å². The Hall–Kier alpha value is -3.79. The second kappa shape index (κ2) is 7.91. The zero-order valence-electron chi connectivity index (χ0n) is 24.2. The Morgan fingerprint density at radius 2 is 1.87 bits per heavy atom. The lowest BCUT2D eigenvalue weighted by Gasteiger charge is -2.19. The number of hydrogen-bond acceptors (Lipinski definition) is 4. The predicted octanol–water partition coefficient (Wildman–Crippen LogP) is 6.45. The highest BCUT2D eigenvalue weighted by molar-refractivity contribution is 5.77. The molecule has 152 valence electrons. The van der Waals surface area contributed by atoms with Crippen LogP contribution >= 0.6 is 0 Å². The predicted molar refractivity (Wildman–Crippen MR) is 112 cm³/mol. The lowest BCUT2D eigenvalue weighted by molar-refractivity contribution is -0.384. The Labute approximate surface area is 185 Å². The van der Waals surface area contributed by atoms with Crippen LogP contribution in [0.4, 0.5) is 25.8 Å². The molecule has 3 aromatic carbocycles. The molecule has 7 heteroatoms. The first-order valence-corrected chi connectivity index (χ1v) is 8.41. The van der Waals surface area contributed by atoms with Crippen molar-refractivity contribution in [1.82, 2.24) is 0 Å². The molecule has 0 amide bonds. The van der Waals surface area contributed by atoms with Crippen LogP contribution in [-0.2, 0) is 5.41 Å². The Morgan fingerprint density at radius 1 is 1.10 bits per heavy atom. The first kappa shape index (κ1) is 12.0. The molecule has 0 unspecified atom stereocenters. The smallest absolute Gasteiger partial charge is 0.292 e. The molecule has 0 aliphatic carbocycles. The maximum atomic E-state index is 14.6. The van der Waals surface area contributed by atoms with Gasteiger partial charge in [-0.15, -0.1) is 0 Å². The molecule has 0 radical (unpaired) electrons. The van der Waals surface area contributed by atoms with Crippen LogP contribution in [0.3, 0.4) is 0 Å². The van der Waals surface area contributed by atoms with Gasteiger partial charge in [-0.3, -0.25) is 10.1 Å². The number of rotatable bonds is 4. The number of nitrogens with one attached hydrogen (secondary N) is 1. The largest absolute Gasteiger partial charge is 0.350 e. The van der Waals surface area contributed by atoms with Crippen LogP contribution in [0.25, 0.3) is 11.1 Å². The van der Waals surface area contributed by atoms with Crippen molar-refractivity contribution in [3.63, 3.8) is 0 Å². The number of halogens is 2. The highest BCUT2D eigenvalue weighted by Gasteiger charge is 2.22. The minimum Gasteiger partial charge on any atom is -0.350 e. The topological polar surface area (TPSA) is 79.0 Å². The summed E-state index contributed by atoms with van der Waals surface area (Å²) in [6, 6.07) is 10.8. The van der Waals surface area contributed by atoms with Gasteiger partial charge in [-0.1, -0.05) is 32.7 Å². The van der Waals surface area contributed by atoms with E-state index in [2.05, 4.69) is 5.32 Å². The maximum absolute atomic E-state index is 14.6. The van der Waals surface area contributed by atoms with Gasteiger partial charge < -0.3 is 5.32 Å². The number of nitriles is 1. The summed E-state index contributed by atoms with van der Waals surface area (Å²) < 4.78 is 99.5. The average Bonchev–Trinajstić information content (AvgIpc) is 2.78. The minimum absolute atomic E-state index is 0.0110. The first-order chi connectivity index (χ1) is 17.9. The monoisotopic (exact) mass is 416 g/mol. The highest BCUT2D eigenvalue weighted by atomic mass is 19.1. The second-order valence-corrected chi connectivity index (χ2v) is 6.33. The van der Waals surface area contributed by atoms with Gasteiger partial charge in [0.05, 0.1) is 16.6 Å². The van der Waals surface area contributed by atoms with Gasteiger partial charge in [0.25, 0.3) is 5.69 Å². The van der Waals surface area contributed by atoms with Gasteiger partial charge in [0.1, 0.15) is 17.3 Å². The number of benzene rings is 3. The lowest BCUT2D eigenvalue weighted by atomic mass is 9.86. The van der Waals surface area contributed by atoms with Gasteiger partial charge in [-0.25, -0.2) is 8.78 Å². The van der Waals surface area contributed by atoms with Crippen LogP contribution in [0.2, 0.25) is 0 Å². The van der Waals surface area contributed by atoms with Crippen LogP contribution < -0.4 is 5.32 Å². The Kier molecular flexibility index (Phi) is 3.17. The number of hydrogen-bond donors (Lipinski definition) is 1. The van der Waals surface area contributed by atoms with Crippen molar-refractivity contribution in [3.8, 4) is 17.2 Å². The van der Waals surface area contributed by atoms with Crippen molar-refractivity contribution >= 4 is 17.1 Å². The minimum atomic E-state index is -3.63. The SMILES string of the molecule is [2H]C([2H])([2H])C(c1ccc(Nc2ccc(F)c(-c3c(F)cccc3C#N)c2)c([N+](=O)[O-])c1)(C([2H])([2H])[2H])C([2H])([2H])[2H]. The van der Waals surface area contributed by atoms with E-state index < -0.39 is 53.8 Å². The number of nitrogens with zero attached hydrogens (tertiary/aromatic N) is 2. The molecular formula is C23H19F2N3O2. The van der Waals surface area contributed by atoms with E-state index in [0.29, 0.717) is 6.07 Å². The highest BCUT2D eigenvalue weighted by Crippen LogP contribution is 2.35. The summed E-state index contributed by atoms with van der Waals surface area (Å²) in [7, 11) is 0. The van der Waals surface area contributed by atoms with E-state index in [1.54, 1.807) is 6.07 Å². The van der Waals surface area contributed by atoms with Crippen LogP contribution in [0.5, 0.6) is 0 Å². The van der Waals surface area contributed by atoms with E-state index >= 15 is 0 Å². The molecule has 1 N–H and O–H groups in total. The van der Waals surface area contributed by atoms with E-state index in [4.69, 9.17) is 12.3 Å². The molecule has 0 spiro atoms. The number of nitro groups is 1. The van der Waals surface area contributed by atoms with Crippen LogP contribution in [-0.4, -0.2) is 4.92 Å². The summed E-state index contributed by atoms with van der Waals surface area (Å²) in [5, 5.41) is 23.8. The molecule has 0 saturated carbocycles. The molecule has 0 heterocycles. The third-order valence-corrected chi connectivity index (χ3v) is 4.28. The summed E-state index contributed by atoms with van der Waals surface area (Å²) >= 11 is 0. The molecule has 0 saturated heterocycles. The average molecular weight is 416 g/mol. The molecule has 3 aromatic rings. The fourth-order valence-electron chi connectivity index (χ4n) is 2.86. The summed E-state index contributed by atoms with van der Waals surface area (Å²) in [6.07, 6.45) is 0. The van der Waals surface area contributed by atoms with Crippen molar-refractivity contribution in [2.45, 2.75) is 26.0 Å². The van der Waals surface area contributed by atoms with Gasteiger partial charge in [-0.2, -0.15) is 5.26 Å². The Balaban J connectivity index is 2.21. The second-order valence-electron chi connectivity index (χ2n) is 6.33. The zero-order valence-corrected chi connectivity index (χ0v) is 15.2. The van der Waals surface area contributed by atoms with Crippen LogP contribution in [0.15, 0.2) is 54.6 Å². The molecule has 5 nitrogen and oxygen atoms in total. The normalized spacial score (nSPS) is 16.8. The van der Waals surface area contributed by atoms with Gasteiger partial charge in [0, 0.05) is 35.2 Å². The van der Waals surface area contributed by atoms with E-state index in [-0.39, 0.29) is 28.1 Å². The summed E-state index contributed by atoms with van der Waals surface area (Å²) in [5.74, 6) is -1.79.